The van der Waals surface area contributed by atoms with Gasteiger partial charge in [0.2, 0.25) is 10.0 Å². The van der Waals surface area contributed by atoms with Crippen LogP contribution >= 0.6 is 0 Å². The van der Waals surface area contributed by atoms with Gasteiger partial charge >= 0.3 is 0 Å². The lowest BCUT2D eigenvalue weighted by atomic mass is 10.3. The molecule has 1 aromatic carbocycles. The Morgan fingerprint density at radius 2 is 2.07 bits per heavy atom. The molecule has 0 aromatic heterocycles. The van der Waals surface area contributed by atoms with Gasteiger partial charge in [0.15, 0.2) is 0 Å². The first kappa shape index (κ1) is 11.6. The third kappa shape index (κ3) is 2.75. The number of hydrogen-bond donors (Lipinski definition) is 1. The standard InChI is InChI=1S/C9H9FN2O2S/c1-7(6-11)12-15(13,14)9-5-3-2-4-8(9)10/h2-5,7,12H,1H3. The zero-order chi connectivity index (χ0) is 11.5. The van der Waals surface area contributed by atoms with E-state index in [1.54, 1.807) is 6.07 Å². The fraction of sp³-hybridized carbons (Fsp3) is 0.222. The quantitative estimate of drug-likeness (QED) is 0.839. The van der Waals surface area contributed by atoms with E-state index >= 15 is 0 Å². The molecule has 15 heavy (non-hydrogen) atoms. The Morgan fingerprint density at radius 1 is 1.47 bits per heavy atom. The summed E-state index contributed by atoms with van der Waals surface area (Å²) < 4.78 is 38.2. The van der Waals surface area contributed by atoms with Gasteiger partial charge in [-0.05, 0) is 19.1 Å². The average molecular weight is 228 g/mol. The molecular formula is C9H9FN2O2S. The molecular weight excluding hydrogens is 219 g/mol. The first-order valence-corrected chi connectivity index (χ1v) is 5.62. The van der Waals surface area contributed by atoms with Crippen molar-refractivity contribution in [2.24, 2.45) is 0 Å². The Balaban J connectivity index is 3.09. The zero-order valence-corrected chi connectivity index (χ0v) is 8.75. The molecule has 80 valence electrons. The predicted octanol–water partition coefficient (Wildman–Crippen LogP) is 1.02. The van der Waals surface area contributed by atoms with Crippen LogP contribution in [0, 0.1) is 17.1 Å². The number of nitriles is 1. The van der Waals surface area contributed by atoms with Crippen molar-refractivity contribution in [2.45, 2.75) is 17.9 Å². The molecule has 0 bridgehead atoms. The molecule has 0 aliphatic rings. The first-order valence-electron chi connectivity index (χ1n) is 4.14. The van der Waals surface area contributed by atoms with Crippen molar-refractivity contribution in [1.82, 2.24) is 4.72 Å². The van der Waals surface area contributed by atoms with Crippen molar-refractivity contribution in [3.63, 3.8) is 0 Å². The van der Waals surface area contributed by atoms with Gasteiger partial charge in [0.25, 0.3) is 0 Å². The monoisotopic (exact) mass is 228 g/mol. The SMILES string of the molecule is CC(C#N)NS(=O)(=O)c1ccccc1F. The Labute approximate surface area is 87.4 Å². The summed E-state index contributed by atoms with van der Waals surface area (Å²) in [4.78, 5) is -0.452. The molecule has 0 fully saturated rings. The first-order chi connectivity index (χ1) is 6.97. The highest BCUT2D eigenvalue weighted by Gasteiger charge is 2.20. The van der Waals surface area contributed by atoms with Crippen molar-refractivity contribution in [2.75, 3.05) is 0 Å². The lowest BCUT2D eigenvalue weighted by Crippen LogP contribution is -2.31. The number of nitrogens with zero attached hydrogens (tertiary/aromatic N) is 1. The second kappa shape index (κ2) is 4.38. The third-order valence-electron chi connectivity index (χ3n) is 1.65. The Hall–Kier alpha value is -1.45. The average Bonchev–Trinajstić information content (AvgIpc) is 2.17. The smallest absolute Gasteiger partial charge is 0.207 e. The summed E-state index contributed by atoms with van der Waals surface area (Å²) in [5.41, 5.74) is 0. The maximum absolute atomic E-state index is 13.1. The van der Waals surface area contributed by atoms with Crippen LogP contribution in [-0.2, 0) is 10.0 Å². The number of halogens is 1. The van der Waals surface area contributed by atoms with E-state index < -0.39 is 26.8 Å². The normalized spacial score (nSPS) is 13.1. The van der Waals surface area contributed by atoms with Gasteiger partial charge in [-0.25, -0.2) is 12.8 Å². The molecule has 1 unspecified atom stereocenters. The highest BCUT2D eigenvalue weighted by molar-refractivity contribution is 7.89. The number of hydrogen-bond acceptors (Lipinski definition) is 3. The number of nitrogens with one attached hydrogen (secondary N) is 1. The lowest BCUT2D eigenvalue weighted by molar-refractivity contribution is 0.554. The highest BCUT2D eigenvalue weighted by atomic mass is 32.2. The molecule has 0 heterocycles. The summed E-state index contributed by atoms with van der Waals surface area (Å²) in [7, 11) is -3.95. The summed E-state index contributed by atoms with van der Waals surface area (Å²) in [6.07, 6.45) is 0. The van der Waals surface area contributed by atoms with Gasteiger partial charge < -0.3 is 0 Å². The van der Waals surface area contributed by atoms with Gasteiger partial charge in [-0.2, -0.15) is 9.98 Å². The van der Waals surface area contributed by atoms with E-state index in [0.29, 0.717) is 0 Å². The minimum Gasteiger partial charge on any atom is -0.207 e. The van der Waals surface area contributed by atoms with Crippen LogP contribution in [0.1, 0.15) is 6.92 Å². The maximum Gasteiger partial charge on any atom is 0.244 e. The molecule has 0 saturated heterocycles. The third-order valence-corrected chi connectivity index (χ3v) is 3.23. The van der Waals surface area contributed by atoms with Crippen LogP contribution in [-0.4, -0.2) is 14.5 Å². The summed E-state index contributed by atoms with van der Waals surface area (Å²) in [5.74, 6) is -0.838. The summed E-state index contributed by atoms with van der Waals surface area (Å²) in [5, 5.41) is 8.44. The summed E-state index contributed by atoms with van der Waals surface area (Å²) in [6.45, 7) is 1.37. The molecule has 1 rings (SSSR count). The Morgan fingerprint density at radius 3 is 2.60 bits per heavy atom. The topological polar surface area (TPSA) is 70.0 Å². The molecule has 0 saturated carbocycles. The fourth-order valence-electron chi connectivity index (χ4n) is 0.985. The van der Waals surface area contributed by atoms with Gasteiger partial charge in [0, 0.05) is 0 Å². The minimum absolute atomic E-state index is 0.452. The Kier molecular flexibility index (Phi) is 3.39. The van der Waals surface area contributed by atoms with Gasteiger partial charge in [-0.1, -0.05) is 12.1 Å². The van der Waals surface area contributed by atoms with Gasteiger partial charge in [0.1, 0.15) is 16.8 Å². The van der Waals surface area contributed by atoms with E-state index in [9.17, 15) is 12.8 Å². The number of sulfonamides is 1. The van der Waals surface area contributed by atoms with Crippen molar-refractivity contribution in [3.05, 3.63) is 30.1 Å². The molecule has 6 heteroatoms. The van der Waals surface area contributed by atoms with Crippen LogP contribution in [0.5, 0.6) is 0 Å². The van der Waals surface area contributed by atoms with Crippen molar-refractivity contribution >= 4 is 10.0 Å². The van der Waals surface area contributed by atoms with Crippen LogP contribution in [0.3, 0.4) is 0 Å². The van der Waals surface area contributed by atoms with Crippen LogP contribution in [0.15, 0.2) is 29.2 Å². The lowest BCUT2D eigenvalue weighted by Gasteiger charge is -2.08. The molecule has 4 nitrogen and oxygen atoms in total. The van der Waals surface area contributed by atoms with E-state index in [-0.39, 0.29) is 0 Å². The summed E-state index contributed by atoms with van der Waals surface area (Å²) >= 11 is 0. The number of rotatable bonds is 3. The molecule has 0 aliphatic heterocycles. The van der Waals surface area contributed by atoms with E-state index in [2.05, 4.69) is 0 Å². The molecule has 1 aromatic rings. The minimum atomic E-state index is -3.95. The maximum atomic E-state index is 13.1. The van der Waals surface area contributed by atoms with Gasteiger partial charge in [0.05, 0.1) is 6.07 Å². The number of benzene rings is 1. The van der Waals surface area contributed by atoms with E-state index in [4.69, 9.17) is 5.26 Å². The largest absolute Gasteiger partial charge is 0.244 e. The molecule has 1 atom stereocenters. The second-order valence-electron chi connectivity index (χ2n) is 2.90. The molecule has 0 spiro atoms. The Bertz CT molecular complexity index is 493. The van der Waals surface area contributed by atoms with Gasteiger partial charge in [-0.3, -0.25) is 0 Å². The molecule has 0 aliphatic carbocycles. The van der Waals surface area contributed by atoms with E-state index in [0.717, 1.165) is 12.1 Å². The van der Waals surface area contributed by atoms with Crippen LogP contribution in [0.2, 0.25) is 0 Å². The fourth-order valence-corrected chi connectivity index (χ4v) is 2.21. The highest BCUT2D eigenvalue weighted by Crippen LogP contribution is 2.13. The van der Waals surface area contributed by atoms with Crippen molar-refractivity contribution in [1.29, 1.82) is 5.26 Å². The van der Waals surface area contributed by atoms with Gasteiger partial charge in [-0.15, -0.1) is 0 Å². The zero-order valence-electron chi connectivity index (χ0n) is 7.94. The second-order valence-corrected chi connectivity index (χ2v) is 4.58. The van der Waals surface area contributed by atoms with Crippen LogP contribution in [0.4, 0.5) is 4.39 Å². The molecule has 0 radical (unpaired) electrons. The summed E-state index contributed by atoms with van der Waals surface area (Å²) in [6, 6.07) is 5.79. The van der Waals surface area contributed by atoms with E-state index in [1.165, 1.54) is 19.1 Å². The molecule has 0 amide bonds. The van der Waals surface area contributed by atoms with E-state index in [1.807, 2.05) is 4.72 Å². The van der Waals surface area contributed by atoms with Crippen LogP contribution in [0.25, 0.3) is 0 Å². The van der Waals surface area contributed by atoms with Crippen LogP contribution < -0.4 is 4.72 Å². The van der Waals surface area contributed by atoms with Crippen molar-refractivity contribution in [3.8, 4) is 6.07 Å². The molecule has 1 N–H and O–H groups in total. The van der Waals surface area contributed by atoms with Crippen molar-refractivity contribution < 1.29 is 12.8 Å². The predicted molar refractivity (Wildman–Crippen MR) is 51.8 cm³/mol.